The molecule has 0 spiro atoms. The van der Waals surface area contributed by atoms with Crippen molar-refractivity contribution in [2.24, 2.45) is 0 Å². The van der Waals surface area contributed by atoms with Crippen LogP contribution in [0.2, 0.25) is 0 Å². The van der Waals surface area contributed by atoms with Gasteiger partial charge in [0.15, 0.2) is 5.78 Å². The molecule has 0 aromatic carbocycles. The number of hydrogen-bond acceptors (Lipinski definition) is 5. The second-order valence-electron chi connectivity index (χ2n) is 4.97. The van der Waals surface area contributed by atoms with E-state index < -0.39 is 16.1 Å². The smallest absolute Gasteiger partial charge is 0.211 e. The SMILES string of the molecule is Cc1cc(CCC(=O)C(C)N(C)S(C)(=O)=O)nc(C)n1. The zero-order valence-electron chi connectivity index (χ0n) is 12.5. The topological polar surface area (TPSA) is 80.2 Å². The fraction of sp³-hybridized carbons (Fsp3) is 0.615. The quantitative estimate of drug-likeness (QED) is 0.779. The molecule has 0 saturated heterocycles. The van der Waals surface area contributed by atoms with Gasteiger partial charge in [-0.2, -0.15) is 4.31 Å². The Labute approximate surface area is 120 Å². The van der Waals surface area contributed by atoms with Crippen LogP contribution >= 0.6 is 0 Å². The zero-order valence-corrected chi connectivity index (χ0v) is 13.4. The Hall–Kier alpha value is -1.34. The minimum Gasteiger partial charge on any atom is -0.298 e. The third-order valence-corrected chi connectivity index (χ3v) is 4.54. The first-order valence-corrected chi connectivity index (χ1v) is 8.23. The van der Waals surface area contributed by atoms with Gasteiger partial charge in [-0.15, -0.1) is 0 Å². The van der Waals surface area contributed by atoms with Gasteiger partial charge in [-0.1, -0.05) is 0 Å². The molecule has 1 unspecified atom stereocenters. The first-order chi connectivity index (χ1) is 9.11. The molecule has 112 valence electrons. The molecule has 0 aliphatic rings. The second-order valence-corrected chi connectivity index (χ2v) is 7.01. The summed E-state index contributed by atoms with van der Waals surface area (Å²) in [5, 5.41) is 0. The number of nitrogens with zero attached hydrogens (tertiary/aromatic N) is 3. The minimum absolute atomic E-state index is 0.119. The van der Waals surface area contributed by atoms with Crippen molar-refractivity contribution in [3.63, 3.8) is 0 Å². The molecule has 0 aliphatic carbocycles. The van der Waals surface area contributed by atoms with Gasteiger partial charge in [0, 0.05) is 24.9 Å². The normalized spacial score (nSPS) is 13.5. The molecule has 6 nitrogen and oxygen atoms in total. The van der Waals surface area contributed by atoms with Crippen LogP contribution in [0.3, 0.4) is 0 Å². The lowest BCUT2D eigenvalue weighted by Crippen LogP contribution is -2.39. The van der Waals surface area contributed by atoms with Gasteiger partial charge in [-0.25, -0.2) is 18.4 Å². The maximum atomic E-state index is 12.0. The van der Waals surface area contributed by atoms with E-state index in [1.165, 1.54) is 7.05 Å². The standard InChI is InChI=1S/C13H21N3O3S/c1-9-8-12(15-11(3)14-9)6-7-13(17)10(2)16(4)20(5,18)19/h8,10H,6-7H2,1-5H3. The number of sulfonamides is 1. The molecule has 1 atom stereocenters. The highest BCUT2D eigenvalue weighted by molar-refractivity contribution is 7.88. The predicted octanol–water partition coefficient (Wildman–Crippen LogP) is 0.875. The number of aromatic nitrogens is 2. The Morgan fingerprint density at radius 3 is 2.45 bits per heavy atom. The summed E-state index contributed by atoms with van der Waals surface area (Å²) in [6.07, 6.45) is 1.84. The zero-order chi connectivity index (χ0) is 15.5. The molecule has 0 radical (unpaired) electrons. The Morgan fingerprint density at radius 2 is 1.95 bits per heavy atom. The fourth-order valence-corrected chi connectivity index (χ4v) is 2.56. The number of ketones is 1. The summed E-state index contributed by atoms with van der Waals surface area (Å²) in [4.78, 5) is 20.5. The molecule has 0 aliphatic heterocycles. The van der Waals surface area contributed by atoms with Crippen molar-refractivity contribution < 1.29 is 13.2 Å². The summed E-state index contributed by atoms with van der Waals surface area (Å²) in [6, 6.07) is 1.18. The summed E-state index contributed by atoms with van der Waals surface area (Å²) in [6.45, 7) is 5.28. The van der Waals surface area contributed by atoms with Crippen LogP contribution < -0.4 is 0 Å². The van der Waals surface area contributed by atoms with Crippen LogP contribution in [-0.2, 0) is 21.2 Å². The van der Waals surface area contributed by atoms with E-state index in [1.807, 2.05) is 13.0 Å². The van der Waals surface area contributed by atoms with Crippen LogP contribution in [0.15, 0.2) is 6.07 Å². The summed E-state index contributed by atoms with van der Waals surface area (Å²) in [5.74, 6) is 0.556. The average Bonchev–Trinajstić information content (AvgIpc) is 2.31. The van der Waals surface area contributed by atoms with Gasteiger partial charge < -0.3 is 0 Å². The molecule has 1 aromatic heterocycles. The highest BCUT2D eigenvalue weighted by Gasteiger charge is 2.24. The van der Waals surface area contributed by atoms with E-state index in [0.717, 1.165) is 21.9 Å². The van der Waals surface area contributed by atoms with Gasteiger partial charge in [0.05, 0.1) is 12.3 Å². The van der Waals surface area contributed by atoms with Crippen molar-refractivity contribution in [1.82, 2.24) is 14.3 Å². The number of hydrogen-bond donors (Lipinski definition) is 0. The number of rotatable bonds is 6. The van der Waals surface area contributed by atoms with Crippen molar-refractivity contribution >= 4 is 15.8 Å². The molecule has 0 bridgehead atoms. The van der Waals surface area contributed by atoms with E-state index in [1.54, 1.807) is 13.8 Å². The van der Waals surface area contributed by atoms with E-state index in [4.69, 9.17) is 0 Å². The molecule has 0 saturated carbocycles. The third-order valence-electron chi connectivity index (χ3n) is 3.18. The number of Topliss-reactive ketones (excluding diaryl/α,β-unsaturated/α-hetero) is 1. The van der Waals surface area contributed by atoms with E-state index in [0.29, 0.717) is 12.2 Å². The Morgan fingerprint density at radius 1 is 1.35 bits per heavy atom. The third kappa shape index (κ3) is 4.64. The first-order valence-electron chi connectivity index (χ1n) is 6.38. The lowest BCUT2D eigenvalue weighted by atomic mass is 10.1. The Kier molecular flexibility index (Phi) is 5.35. The minimum atomic E-state index is -3.36. The molecule has 0 N–H and O–H groups in total. The van der Waals surface area contributed by atoms with Crippen molar-refractivity contribution in [3.8, 4) is 0 Å². The van der Waals surface area contributed by atoms with Crippen LogP contribution in [0.1, 0.15) is 30.6 Å². The van der Waals surface area contributed by atoms with Crippen LogP contribution in [0.25, 0.3) is 0 Å². The predicted molar refractivity (Wildman–Crippen MR) is 76.9 cm³/mol. The van der Waals surface area contributed by atoms with Crippen LogP contribution in [-0.4, -0.2) is 47.8 Å². The Balaban J connectivity index is 2.68. The van der Waals surface area contributed by atoms with Gasteiger partial charge in [0.1, 0.15) is 5.82 Å². The average molecular weight is 299 g/mol. The van der Waals surface area contributed by atoms with Crippen molar-refractivity contribution in [2.45, 2.75) is 39.7 Å². The largest absolute Gasteiger partial charge is 0.298 e. The summed E-state index contributed by atoms with van der Waals surface area (Å²) in [7, 11) is -1.94. The number of aryl methyl sites for hydroxylation is 3. The van der Waals surface area contributed by atoms with Crippen LogP contribution in [0, 0.1) is 13.8 Å². The first kappa shape index (κ1) is 16.7. The highest BCUT2D eigenvalue weighted by atomic mass is 32.2. The molecule has 1 rings (SSSR count). The summed E-state index contributed by atoms with van der Waals surface area (Å²) < 4.78 is 23.9. The molecular formula is C13H21N3O3S. The number of carbonyl (C=O) groups excluding carboxylic acids is 1. The van der Waals surface area contributed by atoms with Gasteiger partial charge in [0.25, 0.3) is 0 Å². The van der Waals surface area contributed by atoms with E-state index in [-0.39, 0.29) is 12.2 Å². The fourth-order valence-electron chi connectivity index (χ4n) is 1.87. The van der Waals surface area contributed by atoms with Crippen molar-refractivity contribution in [1.29, 1.82) is 0 Å². The monoisotopic (exact) mass is 299 g/mol. The highest BCUT2D eigenvalue weighted by Crippen LogP contribution is 2.09. The molecular weight excluding hydrogens is 278 g/mol. The van der Waals surface area contributed by atoms with E-state index in [9.17, 15) is 13.2 Å². The molecule has 1 aromatic rings. The van der Waals surface area contributed by atoms with E-state index >= 15 is 0 Å². The Bertz CT molecular complexity index is 579. The molecule has 0 fully saturated rings. The van der Waals surface area contributed by atoms with E-state index in [2.05, 4.69) is 9.97 Å². The maximum Gasteiger partial charge on any atom is 0.211 e. The number of carbonyl (C=O) groups is 1. The molecule has 7 heteroatoms. The van der Waals surface area contributed by atoms with Crippen molar-refractivity contribution in [2.75, 3.05) is 13.3 Å². The molecule has 0 amide bonds. The van der Waals surface area contributed by atoms with Gasteiger partial charge in [0.2, 0.25) is 10.0 Å². The molecule has 1 heterocycles. The van der Waals surface area contributed by atoms with Gasteiger partial charge in [-0.3, -0.25) is 4.79 Å². The lowest BCUT2D eigenvalue weighted by molar-refractivity contribution is -0.122. The molecule has 20 heavy (non-hydrogen) atoms. The summed E-state index contributed by atoms with van der Waals surface area (Å²) in [5.41, 5.74) is 1.67. The maximum absolute atomic E-state index is 12.0. The van der Waals surface area contributed by atoms with Crippen LogP contribution in [0.4, 0.5) is 0 Å². The second kappa shape index (κ2) is 6.41. The summed E-state index contributed by atoms with van der Waals surface area (Å²) >= 11 is 0. The lowest BCUT2D eigenvalue weighted by Gasteiger charge is -2.21. The van der Waals surface area contributed by atoms with Gasteiger partial charge >= 0.3 is 0 Å². The van der Waals surface area contributed by atoms with Crippen molar-refractivity contribution in [3.05, 3.63) is 23.3 Å². The number of likely N-dealkylation sites (N-methyl/N-ethyl adjacent to an activating group) is 1. The van der Waals surface area contributed by atoms with Gasteiger partial charge in [-0.05, 0) is 33.3 Å². The van der Waals surface area contributed by atoms with Crippen LogP contribution in [0.5, 0.6) is 0 Å².